The monoisotopic (exact) mass is 354 g/mol. The second kappa shape index (κ2) is 7.51. The van der Waals surface area contributed by atoms with Crippen LogP contribution in [0, 0.1) is 5.92 Å². The molecular formula is C19H22N4O3. The van der Waals surface area contributed by atoms with Crippen molar-refractivity contribution in [3.63, 3.8) is 0 Å². The summed E-state index contributed by atoms with van der Waals surface area (Å²) in [5.74, 6) is 0.0854. The summed E-state index contributed by atoms with van der Waals surface area (Å²) in [5.41, 5.74) is 0.511. The van der Waals surface area contributed by atoms with Crippen LogP contribution in [-0.2, 0) is 7.05 Å². The molecule has 3 heterocycles. The average Bonchev–Trinajstić information content (AvgIpc) is 2.66. The van der Waals surface area contributed by atoms with Gasteiger partial charge in [0.15, 0.2) is 0 Å². The summed E-state index contributed by atoms with van der Waals surface area (Å²) in [6, 6.07) is 4.58. The van der Waals surface area contributed by atoms with Crippen molar-refractivity contribution in [3.05, 3.63) is 58.3 Å². The normalized spacial score (nSPS) is 14.9. The molecule has 0 radical (unpaired) electrons. The SMILES string of the molecule is CC1CCN(C(=O)c2cc(NC(=O)c3ccncc3)c(=O)n(C)c2)CC1. The van der Waals surface area contributed by atoms with Crippen molar-refractivity contribution in [3.8, 4) is 0 Å². The molecule has 0 spiro atoms. The minimum Gasteiger partial charge on any atom is -0.339 e. The number of aryl methyl sites for hydroxylation is 1. The highest BCUT2D eigenvalue weighted by molar-refractivity contribution is 6.04. The van der Waals surface area contributed by atoms with E-state index in [2.05, 4.69) is 17.2 Å². The van der Waals surface area contributed by atoms with E-state index in [4.69, 9.17) is 0 Å². The maximum atomic E-state index is 12.8. The second-order valence-electron chi connectivity index (χ2n) is 6.72. The zero-order valence-electron chi connectivity index (χ0n) is 14.9. The number of rotatable bonds is 3. The Kier molecular flexibility index (Phi) is 5.16. The number of amides is 2. The van der Waals surface area contributed by atoms with Crippen molar-refractivity contribution in [2.24, 2.45) is 13.0 Å². The van der Waals surface area contributed by atoms with Gasteiger partial charge in [0.2, 0.25) is 0 Å². The van der Waals surface area contributed by atoms with E-state index < -0.39 is 5.91 Å². The summed E-state index contributed by atoms with van der Waals surface area (Å²) in [7, 11) is 1.57. The van der Waals surface area contributed by atoms with E-state index in [0.29, 0.717) is 30.1 Å². The fourth-order valence-electron chi connectivity index (χ4n) is 3.01. The van der Waals surface area contributed by atoms with Crippen LogP contribution in [0.1, 0.15) is 40.5 Å². The van der Waals surface area contributed by atoms with E-state index in [1.165, 1.54) is 29.2 Å². The lowest BCUT2D eigenvalue weighted by molar-refractivity contribution is 0.0696. The van der Waals surface area contributed by atoms with Crippen molar-refractivity contribution < 1.29 is 9.59 Å². The maximum Gasteiger partial charge on any atom is 0.274 e. The summed E-state index contributed by atoms with van der Waals surface area (Å²) in [5, 5.41) is 2.60. The standard InChI is InChI=1S/C19H22N4O3/c1-13-5-9-23(10-6-13)18(25)15-11-16(19(26)22(2)12-15)21-17(24)14-3-7-20-8-4-14/h3-4,7-8,11-13H,5-6,9-10H2,1-2H3,(H,21,24). The van der Waals surface area contributed by atoms with Gasteiger partial charge in [-0.1, -0.05) is 6.92 Å². The van der Waals surface area contributed by atoms with Gasteiger partial charge in [0.25, 0.3) is 17.4 Å². The number of likely N-dealkylation sites (tertiary alicyclic amines) is 1. The molecule has 0 aliphatic carbocycles. The first-order valence-electron chi connectivity index (χ1n) is 8.67. The Morgan fingerprint density at radius 2 is 1.81 bits per heavy atom. The van der Waals surface area contributed by atoms with E-state index in [9.17, 15) is 14.4 Å². The van der Waals surface area contributed by atoms with E-state index in [0.717, 1.165) is 12.8 Å². The van der Waals surface area contributed by atoms with Crippen LogP contribution >= 0.6 is 0 Å². The molecule has 1 aliphatic heterocycles. The first kappa shape index (κ1) is 17.8. The molecular weight excluding hydrogens is 332 g/mol. The van der Waals surface area contributed by atoms with Gasteiger partial charge in [0, 0.05) is 44.3 Å². The van der Waals surface area contributed by atoms with Crippen molar-refractivity contribution in [1.29, 1.82) is 0 Å². The van der Waals surface area contributed by atoms with Crippen molar-refractivity contribution in [2.75, 3.05) is 18.4 Å². The molecule has 0 atom stereocenters. The fourth-order valence-corrected chi connectivity index (χ4v) is 3.01. The summed E-state index contributed by atoms with van der Waals surface area (Å²) >= 11 is 0. The largest absolute Gasteiger partial charge is 0.339 e. The quantitative estimate of drug-likeness (QED) is 0.912. The summed E-state index contributed by atoms with van der Waals surface area (Å²) < 4.78 is 1.32. The molecule has 2 amide bonds. The van der Waals surface area contributed by atoms with Crippen molar-refractivity contribution >= 4 is 17.5 Å². The van der Waals surface area contributed by atoms with Crippen LogP contribution in [0.15, 0.2) is 41.6 Å². The zero-order valence-corrected chi connectivity index (χ0v) is 14.9. The predicted octanol–water partition coefficient (Wildman–Crippen LogP) is 1.90. The Hall–Kier alpha value is -2.96. The fraction of sp³-hybridized carbons (Fsp3) is 0.368. The van der Waals surface area contributed by atoms with Crippen LogP contribution in [0.3, 0.4) is 0 Å². The zero-order chi connectivity index (χ0) is 18.7. The molecule has 1 N–H and O–H groups in total. The first-order valence-corrected chi connectivity index (χ1v) is 8.67. The highest BCUT2D eigenvalue weighted by Crippen LogP contribution is 2.18. The Bertz CT molecular complexity index is 868. The third-order valence-corrected chi connectivity index (χ3v) is 4.69. The molecule has 2 aromatic rings. The lowest BCUT2D eigenvalue weighted by Crippen LogP contribution is -2.38. The molecule has 0 unspecified atom stereocenters. The average molecular weight is 354 g/mol. The van der Waals surface area contributed by atoms with E-state index in [1.54, 1.807) is 24.1 Å². The van der Waals surface area contributed by atoms with E-state index in [-0.39, 0.29) is 17.2 Å². The van der Waals surface area contributed by atoms with Gasteiger partial charge < -0.3 is 14.8 Å². The first-order chi connectivity index (χ1) is 12.5. The van der Waals surface area contributed by atoms with Gasteiger partial charge in [-0.05, 0) is 37.0 Å². The number of anilines is 1. The minimum atomic E-state index is -0.416. The van der Waals surface area contributed by atoms with E-state index >= 15 is 0 Å². The van der Waals surface area contributed by atoms with Crippen molar-refractivity contribution in [2.45, 2.75) is 19.8 Å². The van der Waals surface area contributed by atoms with Crippen LogP contribution < -0.4 is 10.9 Å². The molecule has 7 nitrogen and oxygen atoms in total. The molecule has 26 heavy (non-hydrogen) atoms. The minimum absolute atomic E-state index is 0.0885. The Labute approximate surface area is 151 Å². The van der Waals surface area contributed by atoms with Gasteiger partial charge in [-0.3, -0.25) is 19.4 Å². The maximum absolute atomic E-state index is 12.8. The van der Waals surface area contributed by atoms with E-state index in [1.807, 2.05) is 0 Å². The molecule has 1 fully saturated rings. The number of carbonyl (C=O) groups excluding carboxylic acids is 2. The molecule has 3 rings (SSSR count). The Morgan fingerprint density at radius 3 is 2.46 bits per heavy atom. The smallest absolute Gasteiger partial charge is 0.274 e. The molecule has 0 bridgehead atoms. The highest BCUT2D eigenvalue weighted by atomic mass is 16.2. The molecule has 7 heteroatoms. The lowest BCUT2D eigenvalue weighted by atomic mass is 9.99. The van der Waals surface area contributed by atoms with Gasteiger partial charge in [0.1, 0.15) is 5.69 Å². The van der Waals surface area contributed by atoms with Crippen LogP contribution in [0.5, 0.6) is 0 Å². The molecule has 136 valence electrons. The molecule has 0 aromatic carbocycles. The second-order valence-corrected chi connectivity index (χ2v) is 6.72. The van der Waals surface area contributed by atoms with Crippen molar-refractivity contribution in [1.82, 2.24) is 14.5 Å². The topological polar surface area (TPSA) is 84.3 Å². The van der Waals surface area contributed by atoms with Crippen LogP contribution in [0.4, 0.5) is 5.69 Å². The molecule has 2 aromatic heterocycles. The number of piperidine rings is 1. The summed E-state index contributed by atoms with van der Waals surface area (Å²) in [4.78, 5) is 43.1. The highest BCUT2D eigenvalue weighted by Gasteiger charge is 2.23. The Morgan fingerprint density at radius 1 is 1.15 bits per heavy atom. The number of carbonyl (C=O) groups is 2. The van der Waals surface area contributed by atoms with Gasteiger partial charge in [0.05, 0.1) is 5.56 Å². The number of aromatic nitrogens is 2. The van der Waals surface area contributed by atoms with Gasteiger partial charge in [-0.15, -0.1) is 0 Å². The van der Waals surface area contributed by atoms with Crippen LogP contribution in [0.2, 0.25) is 0 Å². The molecule has 1 aliphatic rings. The number of nitrogens with one attached hydrogen (secondary N) is 1. The van der Waals surface area contributed by atoms with Crippen LogP contribution in [-0.4, -0.2) is 39.4 Å². The lowest BCUT2D eigenvalue weighted by Gasteiger charge is -2.30. The third kappa shape index (κ3) is 3.82. The molecule has 1 saturated heterocycles. The number of nitrogens with zero attached hydrogens (tertiary/aromatic N) is 3. The summed E-state index contributed by atoms with van der Waals surface area (Å²) in [6.45, 7) is 3.60. The van der Waals surface area contributed by atoms with Gasteiger partial charge >= 0.3 is 0 Å². The van der Waals surface area contributed by atoms with Gasteiger partial charge in [-0.25, -0.2) is 0 Å². The van der Waals surface area contributed by atoms with Gasteiger partial charge in [-0.2, -0.15) is 0 Å². The Balaban J connectivity index is 1.84. The molecule has 0 saturated carbocycles. The number of pyridine rings is 2. The number of hydrogen-bond acceptors (Lipinski definition) is 4. The predicted molar refractivity (Wildman–Crippen MR) is 98.2 cm³/mol. The third-order valence-electron chi connectivity index (χ3n) is 4.69. The summed E-state index contributed by atoms with van der Waals surface area (Å²) in [6.07, 6.45) is 6.48. The number of hydrogen-bond donors (Lipinski definition) is 1. The van der Waals surface area contributed by atoms with Crippen LogP contribution in [0.25, 0.3) is 0 Å².